The number of piperidine rings is 1. The lowest BCUT2D eigenvalue weighted by Gasteiger charge is -2.30. The monoisotopic (exact) mass is 358 g/mol. The molecule has 0 radical (unpaired) electrons. The fraction of sp³-hybridized carbons (Fsp3) is 0.316. The highest BCUT2D eigenvalue weighted by Gasteiger charge is 2.21. The van der Waals surface area contributed by atoms with Crippen molar-refractivity contribution in [3.8, 4) is 11.1 Å². The first-order valence-corrected chi connectivity index (χ1v) is 9.92. The van der Waals surface area contributed by atoms with Crippen molar-refractivity contribution in [2.24, 2.45) is 11.1 Å². The molecule has 1 saturated heterocycles. The summed E-state index contributed by atoms with van der Waals surface area (Å²) in [5.74, 6) is 0.725. The predicted octanol–water partition coefficient (Wildman–Crippen LogP) is 2.87. The summed E-state index contributed by atoms with van der Waals surface area (Å²) >= 11 is 0. The molecule has 132 valence electrons. The predicted molar refractivity (Wildman–Crippen MR) is 97.6 cm³/mol. The number of rotatable bonds is 3. The van der Waals surface area contributed by atoms with E-state index in [0.29, 0.717) is 11.5 Å². The van der Waals surface area contributed by atoms with Crippen LogP contribution in [0.15, 0.2) is 53.4 Å². The molecule has 2 aromatic rings. The van der Waals surface area contributed by atoms with Gasteiger partial charge in [-0.3, -0.25) is 4.79 Å². The Bertz CT molecular complexity index is 868. The number of hydrogen-bond acceptors (Lipinski definition) is 3. The Morgan fingerprint density at radius 2 is 1.68 bits per heavy atom. The van der Waals surface area contributed by atoms with Gasteiger partial charge >= 0.3 is 0 Å². The van der Waals surface area contributed by atoms with Gasteiger partial charge in [-0.25, -0.2) is 13.6 Å². The quantitative estimate of drug-likeness (QED) is 0.916. The molecule has 0 unspecified atom stereocenters. The molecule has 6 heteroatoms. The third-order valence-corrected chi connectivity index (χ3v) is 5.63. The van der Waals surface area contributed by atoms with Gasteiger partial charge in [0.15, 0.2) is 0 Å². The Labute approximate surface area is 148 Å². The van der Waals surface area contributed by atoms with Crippen molar-refractivity contribution in [2.45, 2.75) is 24.7 Å². The molecule has 0 saturated carbocycles. The molecule has 1 heterocycles. The van der Waals surface area contributed by atoms with E-state index in [2.05, 4.69) is 6.92 Å². The van der Waals surface area contributed by atoms with E-state index in [1.165, 1.54) is 12.1 Å². The molecule has 0 aliphatic carbocycles. The number of carbonyl (C=O) groups is 1. The highest BCUT2D eigenvalue weighted by Crippen LogP contribution is 2.24. The molecule has 1 aliphatic rings. The third-order valence-electron chi connectivity index (χ3n) is 4.70. The van der Waals surface area contributed by atoms with Gasteiger partial charge in [-0.1, -0.05) is 31.2 Å². The molecule has 0 bridgehead atoms. The first kappa shape index (κ1) is 17.6. The zero-order chi connectivity index (χ0) is 18.0. The number of sulfonamides is 1. The van der Waals surface area contributed by atoms with Gasteiger partial charge < -0.3 is 4.90 Å². The summed E-state index contributed by atoms with van der Waals surface area (Å²) in [6, 6.07) is 13.8. The Kier molecular flexibility index (Phi) is 4.92. The number of hydrogen-bond donors (Lipinski definition) is 1. The zero-order valence-electron chi connectivity index (χ0n) is 14.2. The number of carbonyl (C=O) groups excluding carboxylic acids is 1. The van der Waals surface area contributed by atoms with Gasteiger partial charge in [0.1, 0.15) is 0 Å². The Balaban J connectivity index is 1.83. The second kappa shape index (κ2) is 6.98. The lowest BCUT2D eigenvalue weighted by atomic mass is 9.98. The van der Waals surface area contributed by atoms with Crippen LogP contribution in [-0.2, 0) is 10.0 Å². The molecule has 5 nitrogen and oxygen atoms in total. The molecule has 0 atom stereocenters. The number of primary sulfonamides is 1. The van der Waals surface area contributed by atoms with Crippen molar-refractivity contribution in [2.75, 3.05) is 13.1 Å². The molecule has 1 amide bonds. The van der Waals surface area contributed by atoms with Crippen LogP contribution in [0.1, 0.15) is 30.1 Å². The molecule has 2 aromatic carbocycles. The van der Waals surface area contributed by atoms with E-state index in [1.54, 1.807) is 12.1 Å². The van der Waals surface area contributed by atoms with Crippen LogP contribution in [0.2, 0.25) is 0 Å². The fourth-order valence-electron chi connectivity index (χ4n) is 3.06. The van der Waals surface area contributed by atoms with E-state index in [1.807, 2.05) is 29.2 Å². The number of benzene rings is 2. The topological polar surface area (TPSA) is 80.5 Å². The number of nitrogens with two attached hydrogens (primary N) is 1. The van der Waals surface area contributed by atoms with Gasteiger partial charge in [0.2, 0.25) is 10.0 Å². The minimum Gasteiger partial charge on any atom is -0.339 e. The summed E-state index contributed by atoms with van der Waals surface area (Å²) in [6.07, 6.45) is 2.08. The highest BCUT2D eigenvalue weighted by molar-refractivity contribution is 7.89. The van der Waals surface area contributed by atoms with E-state index in [-0.39, 0.29) is 10.8 Å². The average molecular weight is 358 g/mol. The van der Waals surface area contributed by atoms with Crippen LogP contribution in [0, 0.1) is 5.92 Å². The van der Waals surface area contributed by atoms with Crippen molar-refractivity contribution < 1.29 is 13.2 Å². The minimum absolute atomic E-state index is 0.0508. The summed E-state index contributed by atoms with van der Waals surface area (Å²) in [4.78, 5) is 14.7. The van der Waals surface area contributed by atoms with Crippen molar-refractivity contribution in [3.05, 3.63) is 54.1 Å². The van der Waals surface area contributed by atoms with E-state index in [4.69, 9.17) is 5.14 Å². The van der Waals surface area contributed by atoms with Crippen molar-refractivity contribution in [3.63, 3.8) is 0 Å². The van der Waals surface area contributed by atoms with E-state index < -0.39 is 10.0 Å². The van der Waals surface area contributed by atoms with E-state index in [9.17, 15) is 13.2 Å². The minimum atomic E-state index is -3.70. The first-order chi connectivity index (χ1) is 11.8. The third kappa shape index (κ3) is 4.08. The first-order valence-electron chi connectivity index (χ1n) is 8.37. The molecule has 1 fully saturated rings. The summed E-state index contributed by atoms with van der Waals surface area (Å²) in [7, 11) is -3.70. The van der Waals surface area contributed by atoms with Crippen LogP contribution in [0.5, 0.6) is 0 Å². The molecule has 2 N–H and O–H groups in total. The average Bonchev–Trinajstić information content (AvgIpc) is 2.61. The SMILES string of the molecule is CC1CCN(C(=O)c2cccc(-c3ccc(S(N)(=O)=O)cc3)c2)CC1. The Morgan fingerprint density at radius 1 is 1.04 bits per heavy atom. The second-order valence-electron chi connectivity index (χ2n) is 6.62. The lowest BCUT2D eigenvalue weighted by Crippen LogP contribution is -2.37. The molecule has 1 aliphatic heterocycles. The van der Waals surface area contributed by atoms with E-state index in [0.717, 1.165) is 37.1 Å². The van der Waals surface area contributed by atoms with Crippen LogP contribution in [0.25, 0.3) is 11.1 Å². The summed E-state index contributed by atoms with van der Waals surface area (Å²) in [6.45, 7) is 3.81. The molecule has 3 rings (SSSR count). The maximum absolute atomic E-state index is 12.7. The van der Waals surface area contributed by atoms with Crippen LogP contribution >= 0.6 is 0 Å². The summed E-state index contributed by atoms with van der Waals surface area (Å²) < 4.78 is 22.7. The standard InChI is InChI=1S/C19H22N2O3S/c1-14-9-11-21(12-10-14)19(22)17-4-2-3-16(13-17)15-5-7-18(8-6-15)25(20,23)24/h2-8,13-14H,9-12H2,1H3,(H2,20,23,24). The zero-order valence-corrected chi connectivity index (χ0v) is 15.0. The number of nitrogens with zero attached hydrogens (tertiary/aromatic N) is 1. The molecule has 0 spiro atoms. The van der Waals surface area contributed by atoms with Crippen LogP contribution in [-0.4, -0.2) is 32.3 Å². The smallest absolute Gasteiger partial charge is 0.253 e. The van der Waals surface area contributed by atoms with Gasteiger partial charge in [0, 0.05) is 18.7 Å². The van der Waals surface area contributed by atoms with Crippen molar-refractivity contribution >= 4 is 15.9 Å². The van der Waals surface area contributed by atoms with Crippen LogP contribution in [0.4, 0.5) is 0 Å². The van der Waals surface area contributed by atoms with Crippen molar-refractivity contribution in [1.29, 1.82) is 0 Å². The molecule has 25 heavy (non-hydrogen) atoms. The van der Waals surface area contributed by atoms with Gasteiger partial charge in [-0.2, -0.15) is 0 Å². The fourth-order valence-corrected chi connectivity index (χ4v) is 3.58. The summed E-state index contributed by atoms with van der Waals surface area (Å²) in [5.41, 5.74) is 2.37. The van der Waals surface area contributed by atoms with Gasteiger partial charge in [0.05, 0.1) is 4.90 Å². The molecular weight excluding hydrogens is 336 g/mol. The number of amides is 1. The normalized spacial score (nSPS) is 16.0. The largest absolute Gasteiger partial charge is 0.339 e. The van der Waals surface area contributed by atoms with Gasteiger partial charge in [-0.15, -0.1) is 0 Å². The highest BCUT2D eigenvalue weighted by atomic mass is 32.2. The van der Waals surface area contributed by atoms with Crippen molar-refractivity contribution in [1.82, 2.24) is 4.90 Å². The van der Waals surface area contributed by atoms with Gasteiger partial charge in [0.25, 0.3) is 5.91 Å². The maximum Gasteiger partial charge on any atom is 0.253 e. The Morgan fingerprint density at radius 3 is 2.28 bits per heavy atom. The molecular formula is C19H22N2O3S. The lowest BCUT2D eigenvalue weighted by molar-refractivity contribution is 0.0697. The van der Waals surface area contributed by atoms with Crippen LogP contribution < -0.4 is 5.14 Å². The number of likely N-dealkylation sites (tertiary alicyclic amines) is 1. The van der Waals surface area contributed by atoms with Gasteiger partial charge in [-0.05, 0) is 54.2 Å². The Hall–Kier alpha value is -2.18. The second-order valence-corrected chi connectivity index (χ2v) is 8.19. The van der Waals surface area contributed by atoms with E-state index >= 15 is 0 Å². The maximum atomic E-state index is 12.7. The molecule has 0 aromatic heterocycles. The van der Waals surface area contributed by atoms with Crippen LogP contribution in [0.3, 0.4) is 0 Å². The summed E-state index contributed by atoms with van der Waals surface area (Å²) in [5, 5.41) is 5.12.